The molecule has 1 aromatic carbocycles. The second-order valence-corrected chi connectivity index (χ2v) is 5.00. The first-order chi connectivity index (χ1) is 11.6. The van der Waals surface area contributed by atoms with Gasteiger partial charge in [-0.3, -0.25) is 9.79 Å². The van der Waals surface area contributed by atoms with E-state index in [0.717, 1.165) is 5.56 Å². The summed E-state index contributed by atoms with van der Waals surface area (Å²) in [5.74, 6) is 0.474. The molecular weight excluding hydrogens is 312 g/mol. The quantitative estimate of drug-likeness (QED) is 0.238. The Morgan fingerprint density at radius 3 is 2.79 bits per heavy atom. The van der Waals surface area contributed by atoms with Crippen molar-refractivity contribution >= 4 is 11.9 Å². The highest BCUT2D eigenvalue weighted by atomic mass is 16.5. The van der Waals surface area contributed by atoms with Crippen LogP contribution in [0.5, 0.6) is 5.75 Å². The molecule has 8 heteroatoms. The monoisotopic (exact) mass is 338 g/mol. The lowest BCUT2D eigenvalue weighted by Crippen LogP contribution is -2.36. The highest BCUT2D eigenvalue weighted by molar-refractivity contribution is 5.78. The Balaban J connectivity index is 2.33. The van der Waals surface area contributed by atoms with Crippen LogP contribution in [0.3, 0.4) is 0 Å². The number of hydrogen-bond donors (Lipinski definition) is 3. The van der Waals surface area contributed by atoms with E-state index >= 15 is 0 Å². The highest BCUT2D eigenvalue weighted by Gasteiger charge is 2.15. The molecule has 1 aromatic rings. The van der Waals surface area contributed by atoms with E-state index in [4.69, 9.17) is 25.7 Å². The van der Waals surface area contributed by atoms with Gasteiger partial charge in [-0.25, -0.2) is 0 Å². The minimum atomic E-state index is -0.754. The number of benzene rings is 1. The van der Waals surface area contributed by atoms with Gasteiger partial charge in [0.1, 0.15) is 18.4 Å². The van der Waals surface area contributed by atoms with Crippen LogP contribution in [0.25, 0.3) is 0 Å². The van der Waals surface area contributed by atoms with Gasteiger partial charge in [-0.05, 0) is 12.5 Å². The van der Waals surface area contributed by atoms with Crippen LogP contribution in [-0.4, -0.2) is 51.9 Å². The maximum atomic E-state index is 11.9. The Morgan fingerprint density at radius 1 is 1.33 bits per heavy atom. The zero-order valence-electron chi connectivity index (χ0n) is 14.2. The summed E-state index contributed by atoms with van der Waals surface area (Å²) in [6.45, 7) is 1.54. The van der Waals surface area contributed by atoms with Crippen molar-refractivity contribution in [2.24, 2.45) is 16.5 Å². The molecule has 0 amide bonds. The number of methoxy groups -OCH3 is 2. The average Bonchev–Trinajstić information content (AvgIpc) is 2.60. The third-order valence-corrected chi connectivity index (χ3v) is 3.20. The molecular formula is C16H26N4O4. The van der Waals surface area contributed by atoms with Gasteiger partial charge in [-0.15, -0.1) is 0 Å². The summed E-state index contributed by atoms with van der Waals surface area (Å²) in [7, 11) is 3.17. The summed E-state index contributed by atoms with van der Waals surface area (Å²) in [6, 6.07) is 6.57. The van der Waals surface area contributed by atoms with Crippen molar-refractivity contribution in [3.63, 3.8) is 0 Å². The number of para-hydroxylation sites is 1. The van der Waals surface area contributed by atoms with E-state index in [-0.39, 0.29) is 6.61 Å². The molecule has 0 aliphatic carbocycles. The molecule has 0 spiro atoms. The molecule has 1 rings (SSSR count). The lowest BCUT2D eigenvalue weighted by molar-refractivity contribution is -0.146. The normalized spacial score (nSPS) is 12.5. The number of rotatable bonds is 10. The van der Waals surface area contributed by atoms with Gasteiger partial charge >= 0.3 is 5.97 Å². The standard InChI is InChI=1S/C16H26N4O4/c1-22-10-9-20-16(18)19-8-7-13(17)15(21)24-11-12-5-3-4-6-14(12)23-2/h3-6,13H,7-11,17H2,1-2H3,(H3,18,19,20)/t13-/m0/s1. The number of esters is 1. The summed E-state index contributed by atoms with van der Waals surface area (Å²) in [5.41, 5.74) is 12.2. The fourth-order valence-electron chi connectivity index (χ4n) is 1.86. The minimum absolute atomic E-state index is 0.112. The number of hydrogen-bond acceptors (Lipinski definition) is 6. The molecule has 134 valence electrons. The Bertz CT molecular complexity index is 537. The summed E-state index contributed by atoms with van der Waals surface area (Å²) >= 11 is 0. The SMILES string of the molecule is COCCNC(N)=NCC[C@H](N)C(=O)OCc1ccccc1OC. The minimum Gasteiger partial charge on any atom is -0.496 e. The Hall–Kier alpha value is -2.32. The van der Waals surface area contributed by atoms with E-state index in [9.17, 15) is 4.79 Å². The van der Waals surface area contributed by atoms with Crippen molar-refractivity contribution in [2.45, 2.75) is 19.1 Å². The summed E-state index contributed by atoms with van der Waals surface area (Å²) in [4.78, 5) is 16.0. The Kier molecular flexibility index (Phi) is 9.25. The predicted octanol–water partition coefficient (Wildman–Crippen LogP) is 0.00650. The van der Waals surface area contributed by atoms with Gasteiger partial charge in [0.05, 0.1) is 13.7 Å². The van der Waals surface area contributed by atoms with Crippen LogP contribution in [-0.2, 0) is 20.9 Å². The van der Waals surface area contributed by atoms with Crippen LogP contribution in [0.1, 0.15) is 12.0 Å². The maximum absolute atomic E-state index is 11.9. The lowest BCUT2D eigenvalue weighted by Gasteiger charge is -2.12. The third kappa shape index (κ3) is 7.30. The number of nitrogens with zero attached hydrogens (tertiary/aromatic N) is 1. The summed E-state index contributed by atoms with van der Waals surface area (Å²) in [5, 5.41) is 2.88. The van der Waals surface area contributed by atoms with E-state index in [1.165, 1.54) is 0 Å². The topological polar surface area (TPSA) is 121 Å². The molecule has 0 heterocycles. The predicted molar refractivity (Wildman–Crippen MR) is 91.8 cm³/mol. The highest BCUT2D eigenvalue weighted by Crippen LogP contribution is 2.18. The van der Waals surface area contributed by atoms with Crippen LogP contribution >= 0.6 is 0 Å². The number of nitrogens with two attached hydrogens (primary N) is 2. The molecule has 0 fully saturated rings. The first-order valence-electron chi connectivity index (χ1n) is 7.65. The second kappa shape index (κ2) is 11.3. The van der Waals surface area contributed by atoms with Crippen molar-refractivity contribution in [1.29, 1.82) is 0 Å². The van der Waals surface area contributed by atoms with Crippen LogP contribution in [0.4, 0.5) is 0 Å². The van der Waals surface area contributed by atoms with Gasteiger partial charge < -0.3 is 31.0 Å². The number of carbonyl (C=O) groups is 1. The number of guanidine groups is 1. The van der Waals surface area contributed by atoms with Gasteiger partial charge in [0.25, 0.3) is 0 Å². The fourth-order valence-corrected chi connectivity index (χ4v) is 1.86. The van der Waals surface area contributed by atoms with E-state index in [0.29, 0.717) is 37.8 Å². The average molecular weight is 338 g/mol. The Morgan fingerprint density at radius 2 is 2.08 bits per heavy atom. The number of aliphatic imine (C=N–C) groups is 1. The van der Waals surface area contributed by atoms with Gasteiger partial charge in [0.15, 0.2) is 5.96 Å². The molecule has 8 nitrogen and oxygen atoms in total. The van der Waals surface area contributed by atoms with Crippen LogP contribution in [0, 0.1) is 0 Å². The molecule has 0 saturated heterocycles. The van der Waals surface area contributed by atoms with Crippen molar-refractivity contribution in [3.8, 4) is 5.75 Å². The van der Waals surface area contributed by atoms with Crippen molar-refractivity contribution in [1.82, 2.24) is 5.32 Å². The second-order valence-electron chi connectivity index (χ2n) is 5.00. The first kappa shape index (κ1) is 19.7. The number of nitrogens with one attached hydrogen (secondary N) is 1. The molecule has 0 aromatic heterocycles. The van der Waals surface area contributed by atoms with Gasteiger partial charge in [-0.2, -0.15) is 0 Å². The zero-order valence-corrected chi connectivity index (χ0v) is 14.2. The molecule has 1 atom stereocenters. The first-order valence-corrected chi connectivity index (χ1v) is 7.65. The molecule has 0 radical (unpaired) electrons. The van der Waals surface area contributed by atoms with E-state index in [1.54, 1.807) is 20.3 Å². The molecule has 0 aliphatic rings. The van der Waals surface area contributed by atoms with Crippen LogP contribution in [0.2, 0.25) is 0 Å². The van der Waals surface area contributed by atoms with Crippen LogP contribution < -0.4 is 21.5 Å². The molecule has 5 N–H and O–H groups in total. The summed E-state index contributed by atoms with van der Waals surface area (Å²) in [6.07, 6.45) is 0.345. The number of ether oxygens (including phenoxy) is 3. The van der Waals surface area contributed by atoms with Gasteiger partial charge in [-0.1, -0.05) is 18.2 Å². The fraction of sp³-hybridized carbons (Fsp3) is 0.500. The van der Waals surface area contributed by atoms with E-state index < -0.39 is 12.0 Å². The zero-order chi connectivity index (χ0) is 17.8. The van der Waals surface area contributed by atoms with Crippen LogP contribution in [0.15, 0.2) is 29.3 Å². The molecule has 0 bridgehead atoms. The molecule has 0 aliphatic heterocycles. The van der Waals surface area contributed by atoms with Gasteiger partial charge in [0, 0.05) is 25.8 Å². The maximum Gasteiger partial charge on any atom is 0.323 e. The summed E-state index contributed by atoms with van der Waals surface area (Å²) < 4.78 is 15.3. The van der Waals surface area contributed by atoms with E-state index in [2.05, 4.69) is 10.3 Å². The lowest BCUT2D eigenvalue weighted by atomic mass is 10.2. The third-order valence-electron chi connectivity index (χ3n) is 3.20. The number of carbonyl (C=O) groups excluding carboxylic acids is 1. The van der Waals surface area contributed by atoms with E-state index in [1.807, 2.05) is 18.2 Å². The molecule has 24 heavy (non-hydrogen) atoms. The van der Waals surface area contributed by atoms with Gasteiger partial charge in [0.2, 0.25) is 0 Å². The largest absolute Gasteiger partial charge is 0.496 e. The van der Waals surface area contributed by atoms with Crippen molar-refractivity contribution < 1.29 is 19.0 Å². The Labute approximate surface area is 142 Å². The van der Waals surface area contributed by atoms with Crippen molar-refractivity contribution in [3.05, 3.63) is 29.8 Å². The van der Waals surface area contributed by atoms with Crippen molar-refractivity contribution in [2.75, 3.05) is 33.9 Å². The smallest absolute Gasteiger partial charge is 0.323 e. The molecule has 0 unspecified atom stereocenters. The molecule has 0 saturated carbocycles.